The van der Waals surface area contributed by atoms with Crippen molar-refractivity contribution < 1.29 is 9.59 Å². The molecule has 132 valence electrons. The van der Waals surface area contributed by atoms with Gasteiger partial charge >= 0.3 is 0 Å². The molecule has 0 radical (unpaired) electrons. The Balaban J connectivity index is 1.88. The van der Waals surface area contributed by atoms with Gasteiger partial charge in [0.05, 0.1) is 6.54 Å². The minimum Gasteiger partial charge on any atom is -0.376 e. The third-order valence-electron chi connectivity index (χ3n) is 3.70. The van der Waals surface area contributed by atoms with Crippen molar-refractivity contribution in [3.05, 3.63) is 59.7 Å². The maximum atomic E-state index is 12.1. The third kappa shape index (κ3) is 6.30. The second-order valence-corrected chi connectivity index (χ2v) is 5.96. The molecule has 3 N–H and O–H groups in total. The van der Waals surface area contributed by atoms with E-state index in [0.29, 0.717) is 17.8 Å². The molecule has 5 nitrogen and oxygen atoms in total. The summed E-state index contributed by atoms with van der Waals surface area (Å²) in [5, 5.41) is 8.76. The van der Waals surface area contributed by atoms with Crippen LogP contribution in [0.1, 0.15) is 35.7 Å². The molecular formula is C20H25N3O2. The quantitative estimate of drug-likeness (QED) is 0.644. The van der Waals surface area contributed by atoms with E-state index in [1.165, 1.54) is 0 Å². The summed E-state index contributed by atoms with van der Waals surface area (Å²) in [4.78, 5) is 24.2. The van der Waals surface area contributed by atoms with Crippen LogP contribution in [0.4, 0.5) is 11.4 Å². The van der Waals surface area contributed by atoms with E-state index in [1.807, 2.05) is 31.2 Å². The molecule has 0 heterocycles. The minimum absolute atomic E-state index is 0.123. The standard InChI is InChI=1S/C20H25N3O2/c1-3-4-11-21-20(25)16-8-6-10-18(13-16)23-19(24)14-22-17-9-5-7-15(2)12-17/h5-10,12-13,22H,3-4,11,14H2,1-2H3,(H,21,25)(H,23,24). The van der Waals surface area contributed by atoms with E-state index in [2.05, 4.69) is 22.9 Å². The van der Waals surface area contributed by atoms with Crippen LogP contribution in [0.3, 0.4) is 0 Å². The van der Waals surface area contributed by atoms with Gasteiger partial charge in [0.2, 0.25) is 5.91 Å². The zero-order valence-electron chi connectivity index (χ0n) is 14.8. The second kappa shape index (κ2) is 9.47. The second-order valence-electron chi connectivity index (χ2n) is 5.96. The first kappa shape index (κ1) is 18.5. The molecule has 0 aromatic heterocycles. The van der Waals surface area contributed by atoms with Crippen molar-refractivity contribution in [1.82, 2.24) is 5.32 Å². The zero-order valence-corrected chi connectivity index (χ0v) is 14.8. The summed E-state index contributed by atoms with van der Waals surface area (Å²) < 4.78 is 0. The molecule has 2 aromatic rings. The van der Waals surface area contributed by atoms with Crippen molar-refractivity contribution in [1.29, 1.82) is 0 Å². The lowest BCUT2D eigenvalue weighted by atomic mass is 10.2. The fourth-order valence-electron chi connectivity index (χ4n) is 2.36. The molecule has 25 heavy (non-hydrogen) atoms. The summed E-state index contributed by atoms with van der Waals surface area (Å²) in [6.45, 7) is 4.90. The molecule has 2 aromatic carbocycles. The number of hydrogen-bond donors (Lipinski definition) is 3. The van der Waals surface area contributed by atoms with E-state index in [1.54, 1.807) is 24.3 Å². The minimum atomic E-state index is -0.162. The van der Waals surface area contributed by atoms with Gasteiger partial charge in [-0.1, -0.05) is 31.5 Å². The number of benzene rings is 2. The smallest absolute Gasteiger partial charge is 0.251 e. The van der Waals surface area contributed by atoms with Crippen molar-refractivity contribution in [2.24, 2.45) is 0 Å². The number of hydrogen-bond acceptors (Lipinski definition) is 3. The first-order valence-electron chi connectivity index (χ1n) is 8.57. The predicted octanol–water partition coefficient (Wildman–Crippen LogP) is 3.58. The highest BCUT2D eigenvalue weighted by atomic mass is 16.2. The fourth-order valence-corrected chi connectivity index (χ4v) is 2.36. The third-order valence-corrected chi connectivity index (χ3v) is 3.70. The lowest BCUT2D eigenvalue weighted by molar-refractivity contribution is -0.114. The van der Waals surface area contributed by atoms with Gasteiger partial charge in [-0.2, -0.15) is 0 Å². The van der Waals surface area contributed by atoms with Gasteiger partial charge in [0.1, 0.15) is 0 Å². The van der Waals surface area contributed by atoms with Gasteiger partial charge in [-0.3, -0.25) is 9.59 Å². The molecule has 0 aliphatic rings. The predicted molar refractivity (Wildman–Crippen MR) is 102 cm³/mol. The Labute approximate surface area is 148 Å². The zero-order chi connectivity index (χ0) is 18.1. The average molecular weight is 339 g/mol. The number of carbonyl (C=O) groups is 2. The first-order valence-corrected chi connectivity index (χ1v) is 8.57. The van der Waals surface area contributed by atoms with E-state index in [0.717, 1.165) is 24.1 Å². The Bertz CT molecular complexity index is 728. The highest BCUT2D eigenvalue weighted by Crippen LogP contribution is 2.12. The molecule has 0 aliphatic heterocycles. The van der Waals surface area contributed by atoms with Gasteiger partial charge in [0, 0.05) is 23.5 Å². The van der Waals surface area contributed by atoms with Crippen molar-refractivity contribution in [3.63, 3.8) is 0 Å². The van der Waals surface area contributed by atoms with Crippen LogP contribution in [0, 0.1) is 6.92 Å². The van der Waals surface area contributed by atoms with Crippen LogP contribution in [0.2, 0.25) is 0 Å². The largest absolute Gasteiger partial charge is 0.376 e. The number of rotatable bonds is 8. The molecule has 5 heteroatoms. The molecule has 0 unspecified atom stereocenters. The molecular weight excluding hydrogens is 314 g/mol. The van der Waals surface area contributed by atoms with E-state index in [4.69, 9.17) is 0 Å². The number of unbranched alkanes of at least 4 members (excludes halogenated alkanes) is 1. The molecule has 0 aliphatic carbocycles. The van der Waals surface area contributed by atoms with Crippen LogP contribution in [0.25, 0.3) is 0 Å². The summed E-state index contributed by atoms with van der Waals surface area (Å²) in [6, 6.07) is 14.8. The van der Waals surface area contributed by atoms with Crippen LogP contribution >= 0.6 is 0 Å². The highest BCUT2D eigenvalue weighted by Gasteiger charge is 2.07. The summed E-state index contributed by atoms with van der Waals surface area (Å²) in [5.74, 6) is -0.285. The van der Waals surface area contributed by atoms with Crippen molar-refractivity contribution in [3.8, 4) is 0 Å². The van der Waals surface area contributed by atoms with E-state index >= 15 is 0 Å². The van der Waals surface area contributed by atoms with Crippen LogP contribution in [-0.2, 0) is 4.79 Å². The van der Waals surface area contributed by atoms with Gasteiger partial charge < -0.3 is 16.0 Å². The fraction of sp³-hybridized carbons (Fsp3) is 0.300. The van der Waals surface area contributed by atoms with Gasteiger partial charge in [0.25, 0.3) is 5.91 Å². The van der Waals surface area contributed by atoms with E-state index in [9.17, 15) is 9.59 Å². The first-order chi connectivity index (χ1) is 12.1. The number of carbonyl (C=O) groups excluding carboxylic acids is 2. The monoisotopic (exact) mass is 339 g/mol. The lowest BCUT2D eigenvalue weighted by Crippen LogP contribution is -2.25. The van der Waals surface area contributed by atoms with E-state index < -0.39 is 0 Å². The van der Waals surface area contributed by atoms with Crippen LogP contribution in [0.15, 0.2) is 48.5 Å². The Morgan fingerprint density at radius 2 is 1.76 bits per heavy atom. The van der Waals surface area contributed by atoms with Crippen LogP contribution in [-0.4, -0.2) is 24.9 Å². The average Bonchev–Trinajstić information content (AvgIpc) is 2.60. The van der Waals surface area contributed by atoms with Crippen molar-refractivity contribution in [2.45, 2.75) is 26.7 Å². The topological polar surface area (TPSA) is 70.2 Å². The summed E-state index contributed by atoms with van der Waals surface area (Å²) in [6.07, 6.45) is 1.98. The number of amides is 2. The van der Waals surface area contributed by atoms with E-state index in [-0.39, 0.29) is 18.4 Å². The molecule has 0 atom stereocenters. The molecule has 2 amide bonds. The molecule has 0 spiro atoms. The Hall–Kier alpha value is -2.82. The number of anilines is 2. The molecule has 0 bridgehead atoms. The molecule has 0 saturated carbocycles. The summed E-state index contributed by atoms with van der Waals surface area (Å²) in [7, 11) is 0. The van der Waals surface area contributed by atoms with Gasteiger partial charge in [-0.15, -0.1) is 0 Å². The lowest BCUT2D eigenvalue weighted by Gasteiger charge is -2.10. The van der Waals surface area contributed by atoms with Crippen molar-refractivity contribution in [2.75, 3.05) is 23.7 Å². The number of nitrogens with one attached hydrogen (secondary N) is 3. The maximum Gasteiger partial charge on any atom is 0.251 e. The van der Waals surface area contributed by atoms with Gasteiger partial charge in [-0.05, 0) is 49.2 Å². The Morgan fingerprint density at radius 1 is 1.00 bits per heavy atom. The highest BCUT2D eigenvalue weighted by molar-refractivity contribution is 5.98. The number of aryl methyl sites for hydroxylation is 1. The maximum absolute atomic E-state index is 12.1. The normalized spacial score (nSPS) is 10.2. The van der Waals surface area contributed by atoms with Crippen LogP contribution < -0.4 is 16.0 Å². The SMILES string of the molecule is CCCCNC(=O)c1cccc(NC(=O)CNc2cccc(C)c2)c1. The van der Waals surface area contributed by atoms with Crippen LogP contribution in [0.5, 0.6) is 0 Å². The Morgan fingerprint density at radius 3 is 2.52 bits per heavy atom. The molecule has 2 rings (SSSR count). The van der Waals surface area contributed by atoms with Crippen molar-refractivity contribution >= 4 is 23.2 Å². The van der Waals surface area contributed by atoms with Gasteiger partial charge in [0.15, 0.2) is 0 Å². The van der Waals surface area contributed by atoms with Gasteiger partial charge in [-0.25, -0.2) is 0 Å². The molecule has 0 fully saturated rings. The molecule has 0 saturated heterocycles. The Kier molecular flexibility index (Phi) is 7.01. The summed E-state index contributed by atoms with van der Waals surface area (Å²) >= 11 is 0. The summed E-state index contributed by atoms with van der Waals surface area (Å²) in [5.41, 5.74) is 3.19.